The maximum Gasteiger partial charge on any atom is 0.270 e. The van der Waals surface area contributed by atoms with E-state index in [1.54, 1.807) is 42.6 Å². The van der Waals surface area contributed by atoms with Gasteiger partial charge in [-0.2, -0.15) is 0 Å². The zero-order chi connectivity index (χ0) is 19.0. The van der Waals surface area contributed by atoms with Gasteiger partial charge in [-0.25, -0.2) is 0 Å². The van der Waals surface area contributed by atoms with Crippen LogP contribution in [0.3, 0.4) is 0 Å². The lowest BCUT2D eigenvalue weighted by atomic mass is 10.0. The number of aromatic nitrogens is 1. The van der Waals surface area contributed by atoms with Crippen molar-refractivity contribution >= 4 is 63.4 Å². The molecular formula is C20H12ClN3O2S. The zero-order valence-corrected chi connectivity index (χ0v) is 15.4. The number of thiocarbonyl (C=S) groups is 1. The topological polar surface area (TPSA) is 62.3 Å². The molecule has 0 aliphatic carbocycles. The second-order valence-electron chi connectivity index (χ2n) is 5.85. The van der Waals surface area contributed by atoms with Gasteiger partial charge in [0.15, 0.2) is 5.11 Å². The summed E-state index contributed by atoms with van der Waals surface area (Å²) in [6.07, 6.45) is 3.20. The van der Waals surface area contributed by atoms with Crippen LogP contribution in [0.2, 0.25) is 5.02 Å². The Morgan fingerprint density at radius 2 is 1.78 bits per heavy atom. The monoisotopic (exact) mass is 393 g/mol. The van der Waals surface area contributed by atoms with Crippen LogP contribution in [0.15, 0.2) is 66.4 Å². The van der Waals surface area contributed by atoms with Gasteiger partial charge < -0.3 is 0 Å². The number of amides is 2. The normalized spacial score (nSPS) is 16.1. The summed E-state index contributed by atoms with van der Waals surface area (Å²) in [5.74, 6) is -1.02. The number of fused-ring (bicyclic) bond motifs is 1. The average molecular weight is 394 g/mol. The van der Waals surface area contributed by atoms with Gasteiger partial charge in [0.2, 0.25) is 0 Å². The van der Waals surface area contributed by atoms with Crippen LogP contribution < -0.4 is 10.2 Å². The molecule has 0 bridgehead atoms. The van der Waals surface area contributed by atoms with Crippen molar-refractivity contribution in [1.29, 1.82) is 0 Å². The second kappa shape index (κ2) is 6.90. The fourth-order valence-corrected chi connectivity index (χ4v) is 3.29. The molecule has 1 aliphatic heterocycles. The first kappa shape index (κ1) is 17.3. The first-order valence-electron chi connectivity index (χ1n) is 8.05. The Labute approximate surface area is 165 Å². The summed E-state index contributed by atoms with van der Waals surface area (Å²) in [4.78, 5) is 31.0. The van der Waals surface area contributed by atoms with Crippen LogP contribution in [0, 0.1) is 0 Å². The summed E-state index contributed by atoms with van der Waals surface area (Å²) >= 11 is 11.1. The number of rotatable bonds is 2. The predicted octanol–water partition coefficient (Wildman–Crippen LogP) is 3.72. The van der Waals surface area contributed by atoms with E-state index in [1.807, 2.05) is 24.3 Å². The van der Waals surface area contributed by atoms with Crippen LogP contribution in [-0.4, -0.2) is 21.9 Å². The minimum Gasteiger partial charge on any atom is -0.298 e. The average Bonchev–Trinajstić information content (AvgIpc) is 2.66. The molecule has 1 aliphatic rings. The first-order valence-corrected chi connectivity index (χ1v) is 8.84. The van der Waals surface area contributed by atoms with E-state index in [-0.39, 0.29) is 10.7 Å². The summed E-state index contributed by atoms with van der Waals surface area (Å²) in [7, 11) is 0. The van der Waals surface area contributed by atoms with E-state index < -0.39 is 11.8 Å². The number of nitrogens with zero attached hydrogens (tertiary/aromatic N) is 2. The van der Waals surface area contributed by atoms with E-state index in [9.17, 15) is 9.59 Å². The molecular weight excluding hydrogens is 382 g/mol. The van der Waals surface area contributed by atoms with Crippen molar-refractivity contribution in [1.82, 2.24) is 10.3 Å². The summed E-state index contributed by atoms with van der Waals surface area (Å²) in [5, 5.41) is 3.99. The highest BCUT2D eigenvalue weighted by molar-refractivity contribution is 7.80. The van der Waals surface area contributed by atoms with Crippen LogP contribution >= 0.6 is 23.8 Å². The highest BCUT2D eigenvalue weighted by atomic mass is 35.5. The van der Waals surface area contributed by atoms with Gasteiger partial charge in [-0.3, -0.25) is 24.8 Å². The molecule has 0 atom stereocenters. The SMILES string of the molecule is O=C1NC(=S)N(c2ccc(Cl)cc2)C(=O)C1=Cc1ccnc2ccccc12. The van der Waals surface area contributed by atoms with Gasteiger partial charge >= 0.3 is 0 Å². The molecule has 2 aromatic carbocycles. The molecule has 2 amide bonds. The Bertz CT molecular complexity index is 1120. The Hall–Kier alpha value is -3.09. The number of carbonyl (C=O) groups excluding carboxylic acids is 2. The Balaban J connectivity index is 1.80. The molecule has 27 heavy (non-hydrogen) atoms. The van der Waals surface area contributed by atoms with Crippen LogP contribution in [-0.2, 0) is 9.59 Å². The number of pyridine rings is 1. The smallest absolute Gasteiger partial charge is 0.270 e. The number of hydrogen-bond donors (Lipinski definition) is 1. The van der Waals surface area contributed by atoms with Crippen molar-refractivity contribution in [3.8, 4) is 0 Å². The van der Waals surface area contributed by atoms with Crippen molar-refractivity contribution < 1.29 is 9.59 Å². The number of halogens is 1. The van der Waals surface area contributed by atoms with Gasteiger partial charge in [0.1, 0.15) is 5.57 Å². The lowest BCUT2D eigenvalue weighted by Gasteiger charge is -2.29. The Kier molecular flexibility index (Phi) is 4.43. The third-order valence-electron chi connectivity index (χ3n) is 4.17. The van der Waals surface area contributed by atoms with E-state index in [0.717, 1.165) is 16.5 Å². The summed E-state index contributed by atoms with van der Waals surface area (Å²) in [5.41, 5.74) is 2.03. The zero-order valence-electron chi connectivity index (χ0n) is 13.8. The summed E-state index contributed by atoms with van der Waals surface area (Å²) in [6.45, 7) is 0. The fourth-order valence-electron chi connectivity index (χ4n) is 2.88. The molecule has 0 spiro atoms. The van der Waals surface area contributed by atoms with Crippen molar-refractivity contribution in [3.63, 3.8) is 0 Å². The molecule has 0 radical (unpaired) electrons. The molecule has 0 saturated carbocycles. The number of hydrogen-bond acceptors (Lipinski definition) is 4. The Morgan fingerprint density at radius 3 is 2.56 bits per heavy atom. The van der Waals surface area contributed by atoms with Gasteiger partial charge in [-0.05, 0) is 60.3 Å². The van der Waals surface area contributed by atoms with E-state index >= 15 is 0 Å². The molecule has 1 saturated heterocycles. The molecule has 1 aromatic heterocycles. The molecule has 132 valence electrons. The van der Waals surface area contributed by atoms with Gasteiger partial charge in [0, 0.05) is 16.6 Å². The number of para-hydroxylation sites is 1. The van der Waals surface area contributed by atoms with Crippen molar-refractivity contribution in [2.24, 2.45) is 0 Å². The third-order valence-corrected chi connectivity index (χ3v) is 4.71. The fraction of sp³-hybridized carbons (Fsp3) is 0. The summed E-state index contributed by atoms with van der Waals surface area (Å²) < 4.78 is 0. The second-order valence-corrected chi connectivity index (χ2v) is 6.67. The van der Waals surface area contributed by atoms with Crippen LogP contribution in [0.25, 0.3) is 17.0 Å². The van der Waals surface area contributed by atoms with Crippen LogP contribution in [0.4, 0.5) is 5.69 Å². The standard InChI is InChI=1S/C20H12ClN3O2S/c21-13-5-7-14(8-6-13)24-19(26)16(18(25)23-20(24)27)11-12-9-10-22-17-4-2-1-3-15(12)17/h1-11H,(H,23,25,27). The molecule has 0 unspecified atom stereocenters. The van der Waals surface area contributed by atoms with Crippen molar-refractivity contribution in [2.75, 3.05) is 4.90 Å². The van der Waals surface area contributed by atoms with Gasteiger partial charge in [0.05, 0.1) is 11.2 Å². The van der Waals surface area contributed by atoms with Crippen molar-refractivity contribution in [2.45, 2.75) is 0 Å². The molecule has 1 fully saturated rings. The molecule has 1 N–H and O–H groups in total. The van der Waals surface area contributed by atoms with Crippen LogP contribution in [0.1, 0.15) is 5.56 Å². The van der Waals surface area contributed by atoms with Gasteiger partial charge in [-0.15, -0.1) is 0 Å². The molecule has 4 rings (SSSR count). The number of nitrogens with one attached hydrogen (secondary N) is 1. The highest BCUT2D eigenvalue weighted by Crippen LogP contribution is 2.25. The lowest BCUT2D eigenvalue weighted by Crippen LogP contribution is -2.54. The molecule has 2 heterocycles. The number of carbonyl (C=O) groups is 2. The number of benzene rings is 2. The molecule has 5 nitrogen and oxygen atoms in total. The Morgan fingerprint density at radius 1 is 1.04 bits per heavy atom. The minimum absolute atomic E-state index is 0.00472. The minimum atomic E-state index is -0.531. The van der Waals surface area contributed by atoms with Gasteiger partial charge in [-0.1, -0.05) is 29.8 Å². The molecule has 7 heteroatoms. The maximum atomic E-state index is 13.0. The maximum absolute atomic E-state index is 13.0. The largest absolute Gasteiger partial charge is 0.298 e. The van der Waals surface area contributed by atoms with Crippen LogP contribution in [0.5, 0.6) is 0 Å². The summed E-state index contributed by atoms with van der Waals surface area (Å²) in [6, 6.07) is 15.9. The van der Waals surface area contributed by atoms with E-state index in [4.69, 9.17) is 23.8 Å². The first-order chi connectivity index (χ1) is 13.0. The number of anilines is 1. The van der Waals surface area contributed by atoms with Crippen molar-refractivity contribution in [3.05, 3.63) is 77.0 Å². The predicted molar refractivity (Wildman–Crippen MR) is 109 cm³/mol. The van der Waals surface area contributed by atoms with E-state index in [2.05, 4.69) is 10.3 Å². The quantitative estimate of drug-likeness (QED) is 0.409. The molecule has 3 aromatic rings. The third kappa shape index (κ3) is 3.20. The van der Waals surface area contributed by atoms with E-state index in [1.165, 1.54) is 4.90 Å². The lowest BCUT2D eigenvalue weighted by molar-refractivity contribution is -0.122. The highest BCUT2D eigenvalue weighted by Gasteiger charge is 2.34. The van der Waals surface area contributed by atoms with E-state index in [0.29, 0.717) is 10.7 Å². The van der Waals surface area contributed by atoms with Gasteiger partial charge in [0.25, 0.3) is 11.8 Å².